The summed E-state index contributed by atoms with van der Waals surface area (Å²) in [7, 11) is 1.68. The third kappa shape index (κ3) is 7.02. The fraction of sp³-hybridized carbons (Fsp3) is 0.750. The second-order valence-electron chi connectivity index (χ2n) is 10.4. The van der Waals surface area contributed by atoms with Gasteiger partial charge in [-0.2, -0.15) is 0 Å². The summed E-state index contributed by atoms with van der Waals surface area (Å²) < 4.78 is 10.8. The van der Waals surface area contributed by atoms with E-state index in [9.17, 15) is 19.2 Å². The summed E-state index contributed by atoms with van der Waals surface area (Å²) in [6, 6.07) is 0.0753. The van der Waals surface area contributed by atoms with Gasteiger partial charge in [-0.05, 0) is 40.0 Å². The van der Waals surface area contributed by atoms with Gasteiger partial charge in [0.1, 0.15) is 11.3 Å². The van der Waals surface area contributed by atoms with Crippen LogP contribution in [0.25, 0.3) is 0 Å². The molecule has 196 valence electrons. The Morgan fingerprint density at radius 3 is 2.40 bits per heavy atom. The van der Waals surface area contributed by atoms with Crippen molar-refractivity contribution < 1.29 is 28.7 Å². The fourth-order valence-electron chi connectivity index (χ4n) is 4.36. The summed E-state index contributed by atoms with van der Waals surface area (Å²) >= 11 is 0. The van der Waals surface area contributed by atoms with Crippen molar-refractivity contribution in [2.24, 2.45) is 0 Å². The van der Waals surface area contributed by atoms with Gasteiger partial charge in [-0.25, -0.2) is 4.79 Å². The van der Waals surface area contributed by atoms with Crippen LogP contribution in [0.4, 0.5) is 4.79 Å². The minimum Gasteiger partial charge on any atom is -0.444 e. The van der Waals surface area contributed by atoms with Crippen LogP contribution >= 0.6 is 0 Å². The first-order valence-electron chi connectivity index (χ1n) is 12.4. The fourth-order valence-corrected chi connectivity index (χ4v) is 4.36. The smallest absolute Gasteiger partial charge is 0.410 e. The molecule has 3 heterocycles. The molecule has 0 spiro atoms. The Morgan fingerprint density at radius 1 is 1.11 bits per heavy atom. The van der Waals surface area contributed by atoms with Crippen LogP contribution in [0.15, 0.2) is 11.9 Å². The van der Waals surface area contributed by atoms with Crippen LogP contribution in [0.2, 0.25) is 0 Å². The van der Waals surface area contributed by atoms with Crippen molar-refractivity contribution in [2.75, 3.05) is 46.8 Å². The molecule has 0 aromatic heterocycles. The SMILES string of the molecule is CCCC(=O)N(C)CCC(=O)OCN1C=C2C(=O)N(C3CCN(C(=O)OC(C)(C)C)CC3)CN2C1. The topological polar surface area (TPSA) is 103 Å². The number of carbonyl (C=O) groups is 4. The van der Waals surface area contributed by atoms with Crippen LogP contribution in [0.3, 0.4) is 0 Å². The van der Waals surface area contributed by atoms with E-state index in [0.717, 1.165) is 6.42 Å². The van der Waals surface area contributed by atoms with Crippen LogP contribution in [0.1, 0.15) is 59.8 Å². The summed E-state index contributed by atoms with van der Waals surface area (Å²) in [5.41, 5.74) is 0.0702. The number of hydrogen-bond acceptors (Lipinski definition) is 8. The van der Waals surface area contributed by atoms with E-state index >= 15 is 0 Å². The number of ether oxygens (including phenoxy) is 2. The summed E-state index contributed by atoms with van der Waals surface area (Å²) in [4.78, 5) is 58.0. The van der Waals surface area contributed by atoms with Gasteiger partial charge in [-0.15, -0.1) is 0 Å². The predicted octanol–water partition coefficient (Wildman–Crippen LogP) is 1.75. The molecule has 35 heavy (non-hydrogen) atoms. The third-order valence-electron chi connectivity index (χ3n) is 6.29. The van der Waals surface area contributed by atoms with E-state index in [0.29, 0.717) is 57.9 Å². The molecule has 0 atom stereocenters. The average Bonchev–Trinajstić information content (AvgIpc) is 3.33. The molecule has 11 nitrogen and oxygen atoms in total. The van der Waals surface area contributed by atoms with E-state index < -0.39 is 5.60 Å². The molecular weight excluding hydrogens is 454 g/mol. The van der Waals surface area contributed by atoms with Gasteiger partial charge in [0.05, 0.1) is 19.8 Å². The standard InChI is InChI=1S/C24H39N5O6/c1-6-7-20(30)25(5)11-10-21(31)34-17-26-14-19-22(32)29(16-28(19)15-26)18-8-12-27(13-9-18)23(33)35-24(2,3)4/h14,18H,6-13,15-17H2,1-5H3. The first kappa shape index (κ1) is 26.6. The molecule has 3 amide bonds. The Bertz CT molecular complexity index is 846. The Labute approximate surface area is 207 Å². The Morgan fingerprint density at radius 2 is 1.80 bits per heavy atom. The van der Waals surface area contributed by atoms with Gasteiger partial charge >= 0.3 is 12.1 Å². The molecule has 0 N–H and O–H groups in total. The monoisotopic (exact) mass is 493 g/mol. The lowest BCUT2D eigenvalue weighted by Crippen LogP contribution is -2.49. The molecule has 2 saturated heterocycles. The molecule has 3 aliphatic heterocycles. The molecule has 0 aliphatic carbocycles. The maximum Gasteiger partial charge on any atom is 0.410 e. The minimum atomic E-state index is -0.528. The van der Waals surface area contributed by atoms with Gasteiger partial charge in [-0.3, -0.25) is 14.4 Å². The summed E-state index contributed by atoms with van der Waals surface area (Å²) in [5, 5.41) is 0. The molecule has 3 aliphatic rings. The number of carbonyl (C=O) groups excluding carboxylic acids is 4. The maximum absolute atomic E-state index is 13.0. The first-order valence-corrected chi connectivity index (χ1v) is 12.4. The van der Waals surface area contributed by atoms with Crippen molar-refractivity contribution in [1.82, 2.24) is 24.5 Å². The maximum atomic E-state index is 13.0. The quantitative estimate of drug-likeness (QED) is 0.471. The van der Waals surface area contributed by atoms with Crippen molar-refractivity contribution in [1.29, 1.82) is 0 Å². The van der Waals surface area contributed by atoms with Crippen molar-refractivity contribution in [3.8, 4) is 0 Å². The number of amides is 3. The molecule has 0 aromatic carbocycles. The van der Waals surface area contributed by atoms with Gasteiger partial charge in [0.15, 0.2) is 6.73 Å². The lowest BCUT2D eigenvalue weighted by molar-refractivity contribution is -0.148. The van der Waals surface area contributed by atoms with Crippen LogP contribution in [-0.2, 0) is 23.9 Å². The normalized spacial score (nSPS) is 18.5. The third-order valence-corrected chi connectivity index (χ3v) is 6.29. The molecule has 0 bridgehead atoms. The van der Waals surface area contributed by atoms with Crippen LogP contribution in [0, 0.1) is 0 Å². The number of fused-ring (bicyclic) bond motifs is 1. The second kappa shape index (κ2) is 11.2. The van der Waals surface area contributed by atoms with E-state index in [-0.39, 0.29) is 43.1 Å². The van der Waals surface area contributed by atoms with Gasteiger partial charge in [0.25, 0.3) is 5.91 Å². The van der Waals surface area contributed by atoms with Crippen LogP contribution in [-0.4, -0.2) is 107 Å². The lowest BCUT2D eigenvalue weighted by atomic mass is 10.0. The summed E-state index contributed by atoms with van der Waals surface area (Å²) in [6.45, 7) is 9.94. The number of rotatable bonds is 8. The zero-order valence-electron chi connectivity index (χ0n) is 21.6. The van der Waals surface area contributed by atoms with Gasteiger partial charge in [0, 0.05) is 45.3 Å². The highest BCUT2D eigenvalue weighted by atomic mass is 16.6. The predicted molar refractivity (Wildman–Crippen MR) is 127 cm³/mol. The number of esters is 1. The zero-order valence-corrected chi connectivity index (χ0v) is 21.6. The Kier molecular flexibility index (Phi) is 8.50. The highest BCUT2D eigenvalue weighted by Gasteiger charge is 2.42. The van der Waals surface area contributed by atoms with E-state index in [1.807, 2.05) is 37.5 Å². The van der Waals surface area contributed by atoms with Crippen LogP contribution < -0.4 is 0 Å². The summed E-state index contributed by atoms with van der Waals surface area (Å²) in [5.74, 6) is -0.398. The molecule has 0 saturated carbocycles. The van der Waals surface area contributed by atoms with Crippen molar-refractivity contribution in [2.45, 2.75) is 71.4 Å². The Balaban J connectivity index is 1.41. The van der Waals surface area contributed by atoms with Gasteiger partial charge in [-0.1, -0.05) is 6.92 Å². The molecule has 3 rings (SSSR count). The van der Waals surface area contributed by atoms with Crippen LogP contribution in [0.5, 0.6) is 0 Å². The van der Waals surface area contributed by atoms with E-state index in [2.05, 4.69) is 0 Å². The van der Waals surface area contributed by atoms with E-state index in [4.69, 9.17) is 9.47 Å². The second-order valence-corrected chi connectivity index (χ2v) is 10.4. The average molecular weight is 494 g/mol. The van der Waals surface area contributed by atoms with Crippen molar-refractivity contribution in [3.63, 3.8) is 0 Å². The molecule has 0 unspecified atom stereocenters. The molecule has 11 heteroatoms. The lowest BCUT2D eigenvalue weighted by Gasteiger charge is -2.37. The van der Waals surface area contributed by atoms with Crippen molar-refractivity contribution in [3.05, 3.63) is 11.9 Å². The molecular formula is C24H39N5O6. The number of hydrogen-bond donors (Lipinski definition) is 0. The number of nitrogens with zero attached hydrogens (tertiary/aromatic N) is 5. The molecule has 0 aromatic rings. The number of likely N-dealkylation sites (tertiary alicyclic amines) is 1. The van der Waals surface area contributed by atoms with Crippen molar-refractivity contribution >= 4 is 23.9 Å². The van der Waals surface area contributed by atoms with E-state index in [1.165, 1.54) is 0 Å². The minimum absolute atomic E-state index is 0.0174. The zero-order chi connectivity index (χ0) is 25.8. The highest BCUT2D eigenvalue weighted by Crippen LogP contribution is 2.29. The Hall–Kier alpha value is -2.98. The highest BCUT2D eigenvalue weighted by molar-refractivity contribution is 5.95. The number of piperidine rings is 1. The van der Waals surface area contributed by atoms with Gasteiger partial charge in [0.2, 0.25) is 5.91 Å². The largest absolute Gasteiger partial charge is 0.444 e. The van der Waals surface area contributed by atoms with Gasteiger partial charge < -0.3 is 34.0 Å². The first-order chi connectivity index (χ1) is 16.5. The van der Waals surface area contributed by atoms with E-state index in [1.54, 1.807) is 27.9 Å². The molecule has 2 fully saturated rings. The molecule has 0 radical (unpaired) electrons. The summed E-state index contributed by atoms with van der Waals surface area (Å²) in [6.07, 6.45) is 4.23.